The van der Waals surface area contributed by atoms with E-state index in [2.05, 4.69) is 10.2 Å². The first-order chi connectivity index (χ1) is 9.19. The third-order valence-electron chi connectivity index (χ3n) is 2.64. The molecule has 0 unspecified atom stereocenters. The van der Waals surface area contributed by atoms with E-state index in [9.17, 15) is 4.79 Å². The van der Waals surface area contributed by atoms with Crippen LogP contribution in [0.25, 0.3) is 11.3 Å². The molecule has 19 heavy (non-hydrogen) atoms. The minimum atomic E-state index is -0.439. The fraction of sp³-hybridized carbons (Fsp3) is 0.167. The second-order valence-corrected chi connectivity index (χ2v) is 3.71. The summed E-state index contributed by atoms with van der Waals surface area (Å²) in [5, 5.41) is 6.66. The van der Waals surface area contributed by atoms with Crippen molar-refractivity contribution in [3.05, 3.63) is 30.0 Å². The quantitative estimate of drug-likeness (QED) is 0.427. The molecule has 0 spiro atoms. The van der Waals surface area contributed by atoms with Gasteiger partial charge in [0.2, 0.25) is 0 Å². The summed E-state index contributed by atoms with van der Waals surface area (Å²) in [5.74, 6) is 5.90. The normalized spacial score (nSPS) is 10.1. The Labute approximate surface area is 109 Å². The molecule has 0 aliphatic rings. The Balaban J connectivity index is 2.41. The number of hydrogen-bond acceptors (Lipinski definition) is 5. The van der Waals surface area contributed by atoms with Crippen molar-refractivity contribution in [3.63, 3.8) is 0 Å². The van der Waals surface area contributed by atoms with E-state index in [1.807, 2.05) is 5.43 Å². The van der Waals surface area contributed by atoms with E-state index < -0.39 is 5.91 Å². The summed E-state index contributed by atoms with van der Waals surface area (Å²) in [6.45, 7) is 0. The number of nitrogen functional groups attached to an aromatic ring is 1. The second kappa shape index (κ2) is 5.40. The van der Waals surface area contributed by atoms with Crippen LogP contribution in [-0.4, -0.2) is 30.3 Å². The van der Waals surface area contributed by atoms with E-state index in [-0.39, 0.29) is 5.69 Å². The number of carbonyl (C=O) groups excluding carboxylic acids is 1. The van der Waals surface area contributed by atoms with Crippen LogP contribution in [0.5, 0.6) is 11.5 Å². The highest BCUT2D eigenvalue weighted by molar-refractivity contribution is 5.93. The molecular weight excluding hydrogens is 248 g/mol. The molecule has 2 aromatic rings. The maximum absolute atomic E-state index is 11.4. The molecule has 0 aliphatic carbocycles. The Morgan fingerprint density at radius 2 is 2.11 bits per heavy atom. The lowest BCUT2D eigenvalue weighted by Crippen LogP contribution is -2.30. The number of nitrogens with zero attached hydrogens (tertiary/aromatic N) is 1. The molecule has 0 saturated heterocycles. The third-order valence-corrected chi connectivity index (χ3v) is 2.64. The van der Waals surface area contributed by atoms with Crippen molar-refractivity contribution >= 4 is 5.91 Å². The molecule has 0 radical (unpaired) electrons. The number of hydrogen-bond donors (Lipinski definition) is 3. The maximum Gasteiger partial charge on any atom is 0.283 e. The zero-order valence-electron chi connectivity index (χ0n) is 10.6. The predicted molar refractivity (Wildman–Crippen MR) is 68.8 cm³/mol. The number of amides is 1. The average molecular weight is 262 g/mol. The number of hydrazine groups is 1. The van der Waals surface area contributed by atoms with Gasteiger partial charge in [-0.05, 0) is 18.2 Å². The predicted octanol–water partition coefficient (Wildman–Crippen LogP) is 0.697. The van der Waals surface area contributed by atoms with Gasteiger partial charge in [-0.25, -0.2) is 5.84 Å². The fourth-order valence-corrected chi connectivity index (χ4v) is 1.66. The van der Waals surface area contributed by atoms with Crippen molar-refractivity contribution in [2.24, 2.45) is 5.84 Å². The summed E-state index contributed by atoms with van der Waals surface area (Å²) in [4.78, 5) is 11.4. The van der Waals surface area contributed by atoms with Crippen molar-refractivity contribution in [2.45, 2.75) is 0 Å². The van der Waals surface area contributed by atoms with Gasteiger partial charge in [-0.2, -0.15) is 5.10 Å². The minimum absolute atomic E-state index is 0.273. The second-order valence-electron chi connectivity index (χ2n) is 3.71. The van der Waals surface area contributed by atoms with Gasteiger partial charge in [-0.1, -0.05) is 0 Å². The minimum Gasteiger partial charge on any atom is -0.497 e. The van der Waals surface area contributed by atoms with Crippen molar-refractivity contribution in [1.82, 2.24) is 15.6 Å². The van der Waals surface area contributed by atoms with E-state index in [1.165, 1.54) is 0 Å². The number of methoxy groups -OCH3 is 2. The first kappa shape index (κ1) is 12.9. The van der Waals surface area contributed by atoms with Crippen LogP contribution in [0.2, 0.25) is 0 Å². The van der Waals surface area contributed by atoms with Gasteiger partial charge in [0, 0.05) is 11.6 Å². The number of ether oxygens (including phenoxy) is 2. The Morgan fingerprint density at radius 1 is 1.32 bits per heavy atom. The summed E-state index contributed by atoms with van der Waals surface area (Å²) in [7, 11) is 3.13. The van der Waals surface area contributed by atoms with Gasteiger partial charge < -0.3 is 9.47 Å². The van der Waals surface area contributed by atoms with Crippen LogP contribution in [0.15, 0.2) is 24.3 Å². The van der Waals surface area contributed by atoms with Crippen LogP contribution in [0.4, 0.5) is 0 Å². The van der Waals surface area contributed by atoms with Crippen LogP contribution in [0.1, 0.15) is 10.5 Å². The molecule has 0 saturated carbocycles. The molecule has 7 heteroatoms. The molecule has 100 valence electrons. The van der Waals surface area contributed by atoms with E-state index in [1.54, 1.807) is 38.5 Å². The topological polar surface area (TPSA) is 102 Å². The highest BCUT2D eigenvalue weighted by Crippen LogP contribution is 2.32. The molecule has 0 bridgehead atoms. The summed E-state index contributed by atoms with van der Waals surface area (Å²) in [6, 6.07) is 6.92. The lowest BCUT2D eigenvalue weighted by molar-refractivity contribution is 0.0948. The first-order valence-corrected chi connectivity index (χ1v) is 5.48. The zero-order valence-corrected chi connectivity index (χ0v) is 10.6. The molecule has 0 aliphatic heterocycles. The van der Waals surface area contributed by atoms with Gasteiger partial charge in [0.25, 0.3) is 5.91 Å². The number of aromatic nitrogens is 2. The monoisotopic (exact) mass is 262 g/mol. The van der Waals surface area contributed by atoms with Gasteiger partial charge >= 0.3 is 0 Å². The molecule has 1 heterocycles. The number of aromatic amines is 1. The van der Waals surface area contributed by atoms with E-state index in [0.717, 1.165) is 5.56 Å². The van der Waals surface area contributed by atoms with E-state index in [4.69, 9.17) is 15.3 Å². The van der Waals surface area contributed by atoms with E-state index >= 15 is 0 Å². The van der Waals surface area contributed by atoms with Gasteiger partial charge in [-0.3, -0.25) is 15.3 Å². The third kappa shape index (κ3) is 2.50. The first-order valence-electron chi connectivity index (χ1n) is 5.48. The number of nitrogens with two attached hydrogens (primary N) is 1. The van der Waals surface area contributed by atoms with Crippen LogP contribution >= 0.6 is 0 Å². The lowest BCUT2D eigenvalue weighted by atomic mass is 10.1. The summed E-state index contributed by atoms with van der Waals surface area (Å²) >= 11 is 0. The molecule has 0 fully saturated rings. The molecule has 2 rings (SSSR count). The molecule has 1 aromatic carbocycles. The van der Waals surface area contributed by atoms with Crippen molar-refractivity contribution in [3.8, 4) is 22.8 Å². The molecule has 4 N–H and O–H groups in total. The molecule has 0 atom stereocenters. The summed E-state index contributed by atoms with van der Waals surface area (Å²) in [6.07, 6.45) is 0. The van der Waals surface area contributed by atoms with Crippen molar-refractivity contribution in [1.29, 1.82) is 0 Å². The Kier molecular flexibility index (Phi) is 3.67. The van der Waals surface area contributed by atoms with Crippen molar-refractivity contribution in [2.75, 3.05) is 14.2 Å². The van der Waals surface area contributed by atoms with Gasteiger partial charge in [0.1, 0.15) is 17.2 Å². The Bertz CT molecular complexity index is 594. The smallest absolute Gasteiger partial charge is 0.283 e. The Morgan fingerprint density at radius 3 is 2.74 bits per heavy atom. The van der Waals surface area contributed by atoms with Gasteiger partial charge in [-0.15, -0.1) is 0 Å². The van der Waals surface area contributed by atoms with E-state index in [0.29, 0.717) is 17.2 Å². The van der Waals surface area contributed by atoms with Crippen LogP contribution < -0.4 is 20.7 Å². The van der Waals surface area contributed by atoms with Crippen LogP contribution in [-0.2, 0) is 0 Å². The lowest BCUT2D eigenvalue weighted by Gasteiger charge is -2.08. The van der Waals surface area contributed by atoms with Gasteiger partial charge in [0.15, 0.2) is 0 Å². The van der Waals surface area contributed by atoms with Crippen LogP contribution in [0.3, 0.4) is 0 Å². The molecule has 7 nitrogen and oxygen atoms in total. The maximum atomic E-state index is 11.4. The number of nitrogens with one attached hydrogen (secondary N) is 2. The highest BCUT2D eigenvalue weighted by atomic mass is 16.5. The fourth-order valence-electron chi connectivity index (χ4n) is 1.66. The van der Waals surface area contributed by atoms with Crippen LogP contribution in [0, 0.1) is 0 Å². The average Bonchev–Trinajstić information content (AvgIpc) is 2.95. The summed E-state index contributed by atoms with van der Waals surface area (Å²) < 4.78 is 10.4. The standard InChI is InChI=1S/C12H14N4O3/c1-18-7-3-4-8(11(5-7)19-2)9-6-10(16-15-9)12(17)14-13/h3-6H,13H2,1-2H3,(H,14,17)(H,15,16). The summed E-state index contributed by atoms with van der Waals surface area (Å²) in [5.41, 5.74) is 3.63. The van der Waals surface area contributed by atoms with Crippen molar-refractivity contribution < 1.29 is 14.3 Å². The largest absolute Gasteiger partial charge is 0.497 e. The SMILES string of the molecule is COc1ccc(-c2cc(C(=O)NN)[nH]n2)c(OC)c1. The number of benzene rings is 1. The number of carbonyl (C=O) groups is 1. The molecular formula is C12H14N4O3. The number of rotatable bonds is 4. The zero-order chi connectivity index (χ0) is 13.8. The highest BCUT2D eigenvalue weighted by Gasteiger charge is 2.13. The molecule has 1 aromatic heterocycles. The Hall–Kier alpha value is -2.54. The number of H-pyrrole nitrogens is 1. The van der Waals surface area contributed by atoms with Gasteiger partial charge in [0.05, 0.1) is 19.9 Å². The molecule has 1 amide bonds.